The normalized spacial score (nSPS) is 14.4. The van der Waals surface area contributed by atoms with Gasteiger partial charge in [-0.1, -0.05) is 6.92 Å². The lowest BCUT2D eigenvalue weighted by Crippen LogP contribution is -2.29. The third-order valence-corrected chi connectivity index (χ3v) is 8.52. The van der Waals surface area contributed by atoms with Gasteiger partial charge < -0.3 is 4.74 Å². The van der Waals surface area contributed by atoms with Crippen molar-refractivity contribution in [2.24, 2.45) is 0 Å². The number of nitrogens with zero attached hydrogens (tertiary/aromatic N) is 2. The molecule has 2 aromatic rings. The van der Waals surface area contributed by atoms with Crippen LogP contribution in [-0.2, 0) is 32.9 Å². The van der Waals surface area contributed by atoms with Gasteiger partial charge in [0.05, 0.1) is 22.6 Å². The number of ether oxygens (including phenoxy) is 1. The van der Waals surface area contributed by atoms with Crippen molar-refractivity contribution in [1.29, 1.82) is 0 Å². The summed E-state index contributed by atoms with van der Waals surface area (Å²) in [6, 6.07) is 9.42. The van der Waals surface area contributed by atoms with E-state index in [4.69, 9.17) is 4.74 Å². The Balaban J connectivity index is 2.02. The monoisotopic (exact) mass is 424 g/mol. The molecule has 3 rings (SSSR count). The standard InChI is InChI=1S/C19H24N2O5S2/c1-5-14-12-17(7-9-19(14)26-4)28(24,25)21-11-10-15-13-16(6-8-18(15)21)27(22,23)20(2)3/h6-9,12-13H,5,10-11H2,1-4H3. The molecule has 0 bridgehead atoms. The molecule has 0 saturated carbocycles. The third kappa shape index (κ3) is 3.38. The zero-order valence-electron chi connectivity index (χ0n) is 16.3. The van der Waals surface area contributed by atoms with E-state index < -0.39 is 20.0 Å². The molecule has 0 spiro atoms. The molecule has 28 heavy (non-hydrogen) atoms. The maximum atomic E-state index is 13.2. The number of hydrogen-bond acceptors (Lipinski definition) is 5. The van der Waals surface area contributed by atoms with Crippen molar-refractivity contribution in [2.45, 2.75) is 29.6 Å². The molecule has 0 atom stereocenters. The Kier molecular flexibility index (Phi) is 5.44. The highest BCUT2D eigenvalue weighted by Crippen LogP contribution is 2.35. The minimum absolute atomic E-state index is 0.160. The second-order valence-electron chi connectivity index (χ2n) is 6.73. The lowest BCUT2D eigenvalue weighted by Gasteiger charge is -2.21. The average Bonchev–Trinajstić information content (AvgIpc) is 3.11. The first-order chi connectivity index (χ1) is 13.1. The van der Waals surface area contributed by atoms with E-state index in [1.54, 1.807) is 31.4 Å². The predicted molar refractivity (Wildman–Crippen MR) is 108 cm³/mol. The summed E-state index contributed by atoms with van der Waals surface area (Å²) in [7, 11) is -2.84. The summed E-state index contributed by atoms with van der Waals surface area (Å²) < 4.78 is 58.9. The molecule has 1 aliphatic rings. The highest BCUT2D eigenvalue weighted by Gasteiger charge is 2.32. The van der Waals surface area contributed by atoms with E-state index in [-0.39, 0.29) is 16.3 Å². The Morgan fingerprint density at radius 1 is 1.04 bits per heavy atom. The van der Waals surface area contributed by atoms with Gasteiger partial charge in [0, 0.05) is 20.6 Å². The molecular weight excluding hydrogens is 400 g/mol. The van der Waals surface area contributed by atoms with Crippen LogP contribution in [0.4, 0.5) is 5.69 Å². The third-order valence-electron chi connectivity index (χ3n) is 4.90. The zero-order valence-corrected chi connectivity index (χ0v) is 18.0. The van der Waals surface area contributed by atoms with Crippen molar-refractivity contribution in [3.05, 3.63) is 47.5 Å². The molecule has 0 radical (unpaired) electrons. The summed E-state index contributed by atoms with van der Waals surface area (Å²) in [5.41, 5.74) is 2.04. The molecule has 0 unspecified atom stereocenters. The van der Waals surface area contributed by atoms with Crippen LogP contribution in [0, 0.1) is 0 Å². The molecule has 9 heteroatoms. The summed E-state index contributed by atoms with van der Waals surface area (Å²) in [5, 5.41) is 0. The molecule has 0 N–H and O–H groups in total. The van der Waals surface area contributed by atoms with E-state index >= 15 is 0 Å². The van der Waals surface area contributed by atoms with Gasteiger partial charge in [-0.15, -0.1) is 0 Å². The van der Waals surface area contributed by atoms with Gasteiger partial charge in [-0.2, -0.15) is 0 Å². The smallest absolute Gasteiger partial charge is 0.264 e. The van der Waals surface area contributed by atoms with E-state index in [0.29, 0.717) is 29.8 Å². The number of benzene rings is 2. The number of fused-ring (bicyclic) bond motifs is 1. The number of aryl methyl sites for hydroxylation is 1. The predicted octanol–water partition coefficient (Wildman–Crippen LogP) is 2.26. The van der Waals surface area contributed by atoms with E-state index in [9.17, 15) is 16.8 Å². The van der Waals surface area contributed by atoms with Crippen LogP contribution < -0.4 is 9.04 Å². The molecule has 0 amide bonds. The Hall–Kier alpha value is -2.10. The Morgan fingerprint density at radius 2 is 1.71 bits per heavy atom. The van der Waals surface area contributed by atoms with Gasteiger partial charge in [-0.05, 0) is 60.4 Å². The van der Waals surface area contributed by atoms with Crippen molar-refractivity contribution in [1.82, 2.24) is 4.31 Å². The van der Waals surface area contributed by atoms with Gasteiger partial charge >= 0.3 is 0 Å². The second-order valence-corrected chi connectivity index (χ2v) is 10.7. The van der Waals surface area contributed by atoms with Crippen LogP contribution >= 0.6 is 0 Å². The number of methoxy groups -OCH3 is 1. The minimum Gasteiger partial charge on any atom is -0.496 e. The van der Waals surface area contributed by atoms with Crippen molar-refractivity contribution < 1.29 is 21.6 Å². The Morgan fingerprint density at radius 3 is 2.32 bits per heavy atom. The summed E-state index contributed by atoms with van der Waals surface area (Å²) in [6.45, 7) is 2.21. The van der Waals surface area contributed by atoms with Gasteiger partial charge in [-0.3, -0.25) is 4.31 Å². The van der Waals surface area contributed by atoms with Crippen molar-refractivity contribution >= 4 is 25.7 Å². The molecule has 0 aromatic heterocycles. The fraction of sp³-hybridized carbons (Fsp3) is 0.368. The molecule has 0 aliphatic carbocycles. The van der Waals surface area contributed by atoms with E-state index in [0.717, 1.165) is 9.87 Å². The van der Waals surface area contributed by atoms with Crippen LogP contribution in [0.25, 0.3) is 0 Å². The fourth-order valence-corrected chi connectivity index (χ4v) is 5.79. The lowest BCUT2D eigenvalue weighted by molar-refractivity contribution is 0.409. The topological polar surface area (TPSA) is 84.0 Å². The zero-order chi connectivity index (χ0) is 20.7. The maximum absolute atomic E-state index is 13.2. The van der Waals surface area contributed by atoms with Crippen molar-refractivity contribution in [2.75, 3.05) is 32.1 Å². The van der Waals surface area contributed by atoms with Gasteiger partial charge in [0.2, 0.25) is 10.0 Å². The van der Waals surface area contributed by atoms with Crippen molar-refractivity contribution in [3.63, 3.8) is 0 Å². The van der Waals surface area contributed by atoms with E-state index in [1.165, 1.54) is 30.5 Å². The summed E-state index contributed by atoms with van der Waals surface area (Å²) >= 11 is 0. The van der Waals surface area contributed by atoms with Crippen LogP contribution in [0.1, 0.15) is 18.1 Å². The fourth-order valence-electron chi connectivity index (χ4n) is 3.29. The highest BCUT2D eigenvalue weighted by atomic mass is 32.2. The molecule has 7 nitrogen and oxygen atoms in total. The van der Waals surface area contributed by atoms with E-state index in [2.05, 4.69) is 0 Å². The van der Waals surface area contributed by atoms with Crippen LogP contribution in [0.15, 0.2) is 46.2 Å². The van der Waals surface area contributed by atoms with Crippen LogP contribution in [-0.4, -0.2) is 48.9 Å². The first-order valence-corrected chi connectivity index (χ1v) is 11.8. The van der Waals surface area contributed by atoms with Gasteiger partial charge in [0.1, 0.15) is 5.75 Å². The van der Waals surface area contributed by atoms with E-state index in [1.807, 2.05) is 6.92 Å². The molecular formula is C19H24N2O5S2. The Labute approximate surface area is 166 Å². The molecule has 2 aromatic carbocycles. The maximum Gasteiger partial charge on any atom is 0.264 e. The lowest BCUT2D eigenvalue weighted by atomic mass is 10.1. The summed E-state index contributed by atoms with van der Waals surface area (Å²) in [4.78, 5) is 0.358. The van der Waals surface area contributed by atoms with Crippen LogP contribution in [0.5, 0.6) is 5.75 Å². The van der Waals surface area contributed by atoms with Gasteiger partial charge in [0.25, 0.3) is 10.0 Å². The van der Waals surface area contributed by atoms with Crippen LogP contribution in [0.3, 0.4) is 0 Å². The molecule has 152 valence electrons. The second kappa shape index (κ2) is 7.38. The molecule has 0 saturated heterocycles. The van der Waals surface area contributed by atoms with Gasteiger partial charge in [-0.25, -0.2) is 21.1 Å². The molecule has 1 heterocycles. The highest BCUT2D eigenvalue weighted by molar-refractivity contribution is 7.92. The summed E-state index contributed by atoms with van der Waals surface area (Å²) in [6.07, 6.45) is 1.11. The van der Waals surface area contributed by atoms with Crippen LogP contribution in [0.2, 0.25) is 0 Å². The number of rotatable bonds is 6. The number of sulfonamides is 2. The van der Waals surface area contributed by atoms with Crippen molar-refractivity contribution in [3.8, 4) is 5.75 Å². The number of hydrogen-bond donors (Lipinski definition) is 0. The molecule has 0 fully saturated rings. The molecule has 1 aliphatic heterocycles. The first kappa shape index (κ1) is 20.6. The minimum atomic E-state index is -3.76. The average molecular weight is 425 g/mol. The first-order valence-electron chi connectivity index (χ1n) is 8.88. The SMILES string of the molecule is CCc1cc(S(=O)(=O)N2CCc3cc(S(=O)(=O)N(C)C)ccc32)ccc1OC. The summed E-state index contributed by atoms with van der Waals surface area (Å²) in [5.74, 6) is 0.654. The quantitative estimate of drug-likeness (QED) is 0.710. The largest absolute Gasteiger partial charge is 0.496 e. The van der Waals surface area contributed by atoms with Gasteiger partial charge in [0.15, 0.2) is 0 Å². The number of anilines is 1. The Bertz CT molecular complexity index is 1110.